The standard InChI is InChI=1S/C44H46Br4O8S6/c1-10-40(49)55-27(20-51-22-30-36(59-6)16-28(57-4)17-37(30)60-7)21-52-42-32(45)12-25(13-33(42)46)26-14-34(47)43(35(48)15-26)53-24-44(3,56-41(50)11-2)54-23-31-38(61-8)18-29(58-5)19-39(31)62-9/h10-19,27H,1-2,20-24H2,3-9H3. The summed E-state index contributed by atoms with van der Waals surface area (Å²) in [6.45, 7) is 9.36. The molecule has 4 aromatic carbocycles. The highest BCUT2D eigenvalue weighted by Crippen LogP contribution is 2.43. The molecule has 0 N–H and O–H groups in total. The second-order valence-electron chi connectivity index (χ2n) is 13.0. The van der Waals surface area contributed by atoms with Gasteiger partial charge >= 0.3 is 11.9 Å². The van der Waals surface area contributed by atoms with Gasteiger partial charge in [0.15, 0.2) is 12.7 Å². The van der Waals surface area contributed by atoms with E-state index < -0.39 is 23.8 Å². The van der Waals surface area contributed by atoms with E-state index in [1.54, 1.807) is 77.5 Å². The molecule has 0 aromatic heterocycles. The summed E-state index contributed by atoms with van der Waals surface area (Å²) in [7, 11) is 0. The summed E-state index contributed by atoms with van der Waals surface area (Å²) in [6.07, 6.45) is 13.8. The molecule has 0 bridgehead atoms. The van der Waals surface area contributed by atoms with E-state index in [2.05, 4.69) is 107 Å². The van der Waals surface area contributed by atoms with Crippen LogP contribution >= 0.6 is 134 Å². The third kappa shape index (κ3) is 14.9. The van der Waals surface area contributed by atoms with Gasteiger partial charge in [-0.05, 0) is 161 Å². The van der Waals surface area contributed by atoms with Gasteiger partial charge in [-0.3, -0.25) is 0 Å². The number of ether oxygens (including phenoxy) is 6. The zero-order chi connectivity index (χ0) is 45.6. The molecular formula is C44H46Br4O8S6. The molecule has 334 valence electrons. The maximum atomic E-state index is 12.5. The molecule has 0 heterocycles. The van der Waals surface area contributed by atoms with Crippen LogP contribution < -0.4 is 9.47 Å². The maximum absolute atomic E-state index is 12.5. The molecular weight excluding hydrogens is 1170 g/mol. The number of thioether (sulfide) groups is 6. The maximum Gasteiger partial charge on any atom is 0.332 e. The zero-order valence-electron chi connectivity index (χ0n) is 35.0. The number of hydrogen-bond acceptors (Lipinski definition) is 14. The molecule has 0 fully saturated rings. The van der Waals surface area contributed by atoms with E-state index >= 15 is 0 Å². The molecule has 0 amide bonds. The Kier molecular flexibility index (Phi) is 22.6. The fraction of sp³-hybridized carbons (Fsp3) is 0.318. The third-order valence-electron chi connectivity index (χ3n) is 8.86. The Labute approximate surface area is 424 Å². The van der Waals surface area contributed by atoms with Crippen LogP contribution in [-0.4, -0.2) is 81.2 Å². The van der Waals surface area contributed by atoms with Gasteiger partial charge in [0.1, 0.15) is 18.1 Å². The molecule has 18 heteroatoms. The number of carbonyl (C=O) groups excluding carboxylic acids is 2. The van der Waals surface area contributed by atoms with Crippen molar-refractivity contribution in [2.45, 2.75) is 61.4 Å². The Balaban J connectivity index is 1.49. The van der Waals surface area contributed by atoms with Gasteiger partial charge in [0, 0.05) is 59.6 Å². The first kappa shape index (κ1) is 53.5. The predicted octanol–water partition coefficient (Wildman–Crippen LogP) is 14.5. The largest absolute Gasteiger partial charge is 0.487 e. The van der Waals surface area contributed by atoms with Crippen LogP contribution in [0.3, 0.4) is 0 Å². The smallest absolute Gasteiger partial charge is 0.332 e. The van der Waals surface area contributed by atoms with Crippen LogP contribution in [0.15, 0.2) is 121 Å². The van der Waals surface area contributed by atoms with E-state index in [1.165, 1.54) is 4.90 Å². The molecule has 8 nitrogen and oxygen atoms in total. The summed E-state index contributed by atoms with van der Waals surface area (Å²) < 4.78 is 39.1. The molecule has 62 heavy (non-hydrogen) atoms. The van der Waals surface area contributed by atoms with E-state index in [1.807, 2.05) is 55.5 Å². The Morgan fingerprint density at radius 2 is 1.03 bits per heavy atom. The van der Waals surface area contributed by atoms with Gasteiger partial charge in [-0.15, -0.1) is 70.6 Å². The average Bonchev–Trinajstić information content (AvgIpc) is 3.26. The van der Waals surface area contributed by atoms with Crippen LogP contribution in [0.1, 0.15) is 18.1 Å². The highest BCUT2D eigenvalue weighted by Gasteiger charge is 2.32. The van der Waals surface area contributed by atoms with Crippen molar-refractivity contribution in [2.24, 2.45) is 0 Å². The normalized spacial score (nSPS) is 12.6. The summed E-state index contributed by atoms with van der Waals surface area (Å²) in [5.74, 6) is -1.65. The Hall–Kier alpha value is -1.16. The number of esters is 2. The highest BCUT2D eigenvalue weighted by molar-refractivity contribution is 9.11. The molecule has 0 radical (unpaired) electrons. The molecule has 0 aliphatic rings. The van der Waals surface area contributed by atoms with Gasteiger partial charge in [0.2, 0.25) is 5.79 Å². The van der Waals surface area contributed by atoms with Gasteiger partial charge in [-0.25, -0.2) is 9.59 Å². The lowest BCUT2D eigenvalue weighted by atomic mass is 10.1. The van der Waals surface area contributed by atoms with Gasteiger partial charge in [-0.1, -0.05) is 13.2 Å². The molecule has 2 atom stereocenters. The van der Waals surface area contributed by atoms with Crippen molar-refractivity contribution in [3.05, 3.63) is 103 Å². The van der Waals surface area contributed by atoms with Crippen molar-refractivity contribution in [3.8, 4) is 22.6 Å². The highest BCUT2D eigenvalue weighted by atomic mass is 79.9. The molecule has 0 saturated carbocycles. The molecule has 0 aliphatic heterocycles. The SMILES string of the molecule is C=CC(=O)OC(COCc1c(SC)cc(SC)cc1SC)COc1c(Br)cc(-c2cc(Br)c(OCC(C)(OCc3c(SC)cc(SC)cc3SC)OC(=O)C=C)c(Br)c2)cc1Br. The summed E-state index contributed by atoms with van der Waals surface area (Å²) in [4.78, 5) is 31.6. The second kappa shape index (κ2) is 26.2. The van der Waals surface area contributed by atoms with Crippen LogP contribution in [0.2, 0.25) is 0 Å². The first-order chi connectivity index (χ1) is 29.7. The minimum Gasteiger partial charge on any atom is -0.487 e. The number of benzene rings is 4. The summed E-state index contributed by atoms with van der Waals surface area (Å²) >= 11 is 24.8. The summed E-state index contributed by atoms with van der Waals surface area (Å²) in [6, 6.07) is 16.3. The van der Waals surface area contributed by atoms with Crippen molar-refractivity contribution in [2.75, 3.05) is 57.4 Å². The first-order valence-corrected chi connectivity index (χ1v) is 28.9. The molecule has 4 aromatic rings. The minimum atomic E-state index is -1.46. The number of rotatable bonds is 24. The van der Waals surface area contributed by atoms with Crippen molar-refractivity contribution in [1.29, 1.82) is 0 Å². The van der Waals surface area contributed by atoms with E-state index in [0.29, 0.717) is 36.0 Å². The summed E-state index contributed by atoms with van der Waals surface area (Å²) in [5.41, 5.74) is 3.82. The second-order valence-corrected chi connectivity index (χ2v) is 21.6. The predicted molar refractivity (Wildman–Crippen MR) is 276 cm³/mol. The van der Waals surface area contributed by atoms with E-state index in [9.17, 15) is 9.59 Å². The molecule has 4 rings (SSSR count). The fourth-order valence-corrected chi connectivity index (χ4v) is 12.6. The molecule has 0 spiro atoms. The molecule has 0 saturated heterocycles. The van der Waals surface area contributed by atoms with E-state index in [0.717, 1.165) is 58.9 Å². The van der Waals surface area contributed by atoms with Crippen molar-refractivity contribution in [3.63, 3.8) is 0 Å². The van der Waals surface area contributed by atoms with Crippen molar-refractivity contribution < 1.29 is 38.0 Å². The monoisotopic (exact) mass is 1210 g/mol. The average molecular weight is 1210 g/mol. The topological polar surface area (TPSA) is 89.5 Å². The van der Waals surface area contributed by atoms with E-state index in [4.69, 9.17) is 28.4 Å². The Morgan fingerprint density at radius 1 is 0.613 bits per heavy atom. The van der Waals surface area contributed by atoms with Crippen molar-refractivity contribution in [1.82, 2.24) is 0 Å². The lowest BCUT2D eigenvalue weighted by Gasteiger charge is -2.30. The van der Waals surface area contributed by atoms with Gasteiger partial charge in [0.25, 0.3) is 0 Å². The molecule has 2 unspecified atom stereocenters. The van der Waals surface area contributed by atoms with Gasteiger partial charge < -0.3 is 28.4 Å². The van der Waals surface area contributed by atoms with Crippen LogP contribution in [0.4, 0.5) is 0 Å². The van der Waals surface area contributed by atoms with Gasteiger partial charge in [0.05, 0.1) is 37.7 Å². The van der Waals surface area contributed by atoms with Crippen LogP contribution in [0, 0.1) is 0 Å². The zero-order valence-corrected chi connectivity index (χ0v) is 46.3. The fourth-order valence-electron chi connectivity index (χ4n) is 5.75. The third-order valence-corrected chi connectivity index (χ3v) is 15.8. The lowest BCUT2D eigenvalue weighted by Crippen LogP contribution is -2.40. The van der Waals surface area contributed by atoms with Crippen LogP contribution in [0.25, 0.3) is 11.1 Å². The van der Waals surface area contributed by atoms with Crippen LogP contribution in [-0.2, 0) is 41.8 Å². The minimum absolute atomic E-state index is 0.0297. The summed E-state index contributed by atoms with van der Waals surface area (Å²) in [5, 5.41) is 0. The Bertz CT molecular complexity index is 2150. The van der Waals surface area contributed by atoms with E-state index in [-0.39, 0.29) is 26.4 Å². The quantitative estimate of drug-likeness (QED) is 0.0289. The van der Waals surface area contributed by atoms with Gasteiger partial charge in [-0.2, -0.15) is 0 Å². The Morgan fingerprint density at radius 3 is 1.44 bits per heavy atom. The number of hydrogen-bond donors (Lipinski definition) is 0. The van der Waals surface area contributed by atoms with Crippen molar-refractivity contribution >= 4 is 146 Å². The lowest BCUT2D eigenvalue weighted by molar-refractivity contribution is -0.235. The number of carbonyl (C=O) groups is 2. The molecule has 0 aliphatic carbocycles. The number of halogens is 4. The first-order valence-electron chi connectivity index (χ1n) is 18.4. The van der Waals surface area contributed by atoms with Crippen LogP contribution in [0.5, 0.6) is 11.5 Å².